The van der Waals surface area contributed by atoms with Crippen molar-refractivity contribution in [2.24, 2.45) is 0 Å². The van der Waals surface area contributed by atoms with Gasteiger partial charge in [0.2, 0.25) is 0 Å². The number of aliphatic hydroxyl groups excluding tert-OH is 2. The maximum atomic E-state index is 13.5. The molecule has 1 saturated heterocycles. The zero-order valence-electron chi connectivity index (χ0n) is 17.1. The van der Waals surface area contributed by atoms with E-state index in [1.54, 1.807) is 0 Å². The van der Waals surface area contributed by atoms with E-state index < -0.39 is 29.4 Å². The quantitative estimate of drug-likeness (QED) is 0.649. The molecule has 0 aromatic heterocycles. The van der Waals surface area contributed by atoms with Crippen LogP contribution in [0.15, 0.2) is 54.6 Å². The third kappa shape index (κ3) is 3.80. The Bertz CT molecular complexity index is 1110. The molecule has 0 bridgehead atoms. The van der Waals surface area contributed by atoms with Gasteiger partial charge >= 0.3 is 0 Å². The summed E-state index contributed by atoms with van der Waals surface area (Å²) in [5.41, 5.74) is 0.754. The van der Waals surface area contributed by atoms with Crippen molar-refractivity contribution in [3.8, 4) is 5.75 Å². The molecule has 0 radical (unpaired) electrons. The number of hydrogen-bond acceptors (Lipinski definition) is 4. The molecule has 2 atom stereocenters. The monoisotopic (exact) mass is 425 g/mol. The fraction of sp³-hybridized carbons (Fsp3) is 0.360. The number of likely N-dealkylation sites (tertiary alicyclic amines) is 1. The van der Waals surface area contributed by atoms with Crippen molar-refractivity contribution in [2.45, 2.75) is 37.1 Å². The Morgan fingerprint density at radius 3 is 2.58 bits per heavy atom. The van der Waals surface area contributed by atoms with Gasteiger partial charge in [-0.05, 0) is 35.9 Å². The molecule has 2 heterocycles. The lowest BCUT2D eigenvalue weighted by Gasteiger charge is -2.46. The number of hydrogen-bond donors (Lipinski definition) is 2. The summed E-state index contributed by atoms with van der Waals surface area (Å²) in [6, 6.07) is 15.5. The van der Waals surface area contributed by atoms with E-state index in [0.29, 0.717) is 31.6 Å². The Labute approximate surface area is 179 Å². The van der Waals surface area contributed by atoms with Crippen molar-refractivity contribution in [3.05, 3.63) is 77.4 Å². The molecule has 31 heavy (non-hydrogen) atoms. The average Bonchev–Trinajstić information content (AvgIpc) is 2.77. The van der Waals surface area contributed by atoms with E-state index in [0.717, 1.165) is 47.1 Å². The first kappa shape index (κ1) is 20.4. The summed E-state index contributed by atoms with van der Waals surface area (Å²) in [5, 5.41) is 23.4. The SMILES string of the molecule is O[C@H](CN1CCC2(CC1)C[C@H](O)c1ccc3ccccc3c1O2)c1ccc(F)c(F)c1. The van der Waals surface area contributed by atoms with Gasteiger partial charge in [0.25, 0.3) is 0 Å². The van der Waals surface area contributed by atoms with Crippen molar-refractivity contribution in [2.75, 3.05) is 19.6 Å². The number of piperidine rings is 1. The molecule has 162 valence electrons. The summed E-state index contributed by atoms with van der Waals surface area (Å²) < 4.78 is 33.2. The lowest BCUT2D eigenvalue weighted by atomic mass is 9.81. The van der Waals surface area contributed by atoms with Gasteiger partial charge in [-0.1, -0.05) is 42.5 Å². The number of nitrogens with zero attached hydrogens (tertiary/aromatic N) is 1. The van der Waals surface area contributed by atoms with E-state index in [1.807, 2.05) is 36.4 Å². The molecule has 2 aliphatic heterocycles. The van der Waals surface area contributed by atoms with Crippen LogP contribution in [0.3, 0.4) is 0 Å². The third-order valence-corrected chi connectivity index (χ3v) is 6.68. The van der Waals surface area contributed by atoms with Crippen LogP contribution in [-0.2, 0) is 0 Å². The van der Waals surface area contributed by atoms with Crippen LogP contribution in [0.5, 0.6) is 5.75 Å². The van der Waals surface area contributed by atoms with Crippen LogP contribution in [0.1, 0.15) is 42.6 Å². The highest BCUT2D eigenvalue weighted by Crippen LogP contribution is 2.47. The molecule has 0 aliphatic carbocycles. The number of benzene rings is 3. The molecular weight excluding hydrogens is 400 g/mol. The lowest BCUT2D eigenvalue weighted by molar-refractivity contribution is -0.0577. The summed E-state index contributed by atoms with van der Waals surface area (Å²) in [4.78, 5) is 2.10. The summed E-state index contributed by atoms with van der Waals surface area (Å²) in [6.07, 6.45) is 0.506. The number of halogens is 2. The molecule has 6 heteroatoms. The standard InChI is InChI=1S/C25H25F2NO3/c26-20-8-6-17(13-21(20)27)23(30)15-28-11-9-25(10-12-28)14-22(29)19-7-5-16-3-1-2-4-18(16)24(19)31-25/h1-8,13,22-23,29-30H,9-12,14-15H2/t22-,23+/m0/s1. The molecule has 2 aliphatic rings. The van der Waals surface area contributed by atoms with Gasteiger partial charge in [0.15, 0.2) is 11.6 Å². The minimum absolute atomic E-state index is 0.337. The molecule has 0 amide bonds. The summed E-state index contributed by atoms with van der Waals surface area (Å²) in [7, 11) is 0. The van der Waals surface area contributed by atoms with Crippen LogP contribution >= 0.6 is 0 Å². The molecule has 1 fully saturated rings. The van der Waals surface area contributed by atoms with Gasteiger partial charge in [0.05, 0.1) is 12.2 Å². The van der Waals surface area contributed by atoms with Crippen LogP contribution in [0, 0.1) is 11.6 Å². The van der Waals surface area contributed by atoms with Crippen LogP contribution in [-0.4, -0.2) is 40.3 Å². The van der Waals surface area contributed by atoms with Crippen LogP contribution < -0.4 is 4.74 Å². The van der Waals surface area contributed by atoms with Gasteiger partial charge in [-0.2, -0.15) is 0 Å². The maximum Gasteiger partial charge on any atom is 0.159 e. The largest absolute Gasteiger partial charge is 0.486 e. The molecule has 4 nitrogen and oxygen atoms in total. The second-order valence-electron chi connectivity index (χ2n) is 8.70. The van der Waals surface area contributed by atoms with Gasteiger partial charge in [-0.15, -0.1) is 0 Å². The van der Waals surface area contributed by atoms with Gasteiger partial charge in [-0.3, -0.25) is 0 Å². The van der Waals surface area contributed by atoms with Gasteiger partial charge < -0.3 is 19.8 Å². The molecule has 3 aromatic rings. The first-order chi connectivity index (χ1) is 14.9. The first-order valence-corrected chi connectivity index (χ1v) is 10.7. The highest BCUT2D eigenvalue weighted by atomic mass is 19.2. The average molecular weight is 425 g/mol. The first-order valence-electron chi connectivity index (χ1n) is 10.7. The van der Waals surface area contributed by atoms with Crippen molar-refractivity contribution < 1.29 is 23.7 Å². The minimum atomic E-state index is -0.954. The van der Waals surface area contributed by atoms with E-state index in [9.17, 15) is 19.0 Å². The number of fused-ring (bicyclic) bond motifs is 3. The smallest absolute Gasteiger partial charge is 0.159 e. The lowest BCUT2D eigenvalue weighted by Crippen LogP contribution is -2.51. The van der Waals surface area contributed by atoms with Crippen molar-refractivity contribution >= 4 is 10.8 Å². The van der Waals surface area contributed by atoms with E-state index in [2.05, 4.69) is 4.90 Å². The van der Waals surface area contributed by atoms with Crippen molar-refractivity contribution in [1.82, 2.24) is 4.90 Å². The van der Waals surface area contributed by atoms with Crippen LogP contribution in [0.4, 0.5) is 8.78 Å². The Morgan fingerprint density at radius 1 is 1.03 bits per heavy atom. The molecule has 1 spiro atoms. The molecule has 2 N–H and O–H groups in total. The van der Waals surface area contributed by atoms with Crippen molar-refractivity contribution in [1.29, 1.82) is 0 Å². The second kappa shape index (κ2) is 7.86. The Kier molecular flexibility index (Phi) is 5.16. The van der Waals surface area contributed by atoms with Crippen molar-refractivity contribution in [3.63, 3.8) is 0 Å². The number of ether oxygens (including phenoxy) is 1. The normalized spacial score (nSPS) is 21.6. The highest BCUT2D eigenvalue weighted by molar-refractivity contribution is 5.90. The van der Waals surface area contributed by atoms with Gasteiger partial charge in [0.1, 0.15) is 11.4 Å². The topological polar surface area (TPSA) is 52.9 Å². The van der Waals surface area contributed by atoms with E-state index >= 15 is 0 Å². The van der Waals surface area contributed by atoms with E-state index in [4.69, 9.17) is 4.74 Å². The Hall–Kier alpha value is -2.54. The van der Waals surface area contributed by atoms with Crippen LogP contribution in [0.2, 0.25) is 0 Å². The molecule has 3 aromatic carbocycles. The number of β-amino-alcohol motifs (C(OH)–C–C–N with tert-alkyl or cyclic N) is 1. The number of aliphatic hydroxyl groups is 2. The molecule has 0 unspecified atom stereocenters. The summed E-state index contributed by atoms with van der Waals surface area (Å²) >= 11 is 0. The predicted molar refractivity (Wildman–Crippen MR) is 114 cm³/mol. The second-order valence-corrected chi connectivity index (χ2v) is 8.70. The maximum absolute atomic E-state index is 13.5. The molecule has 0 saturated carbocycles. The summed E-state index contributed by atoms with van der Waals surface area (Å²) in [5.74, 6) is -1.10. The predicted octanol–water partition coefficient (Wildman–Crippen LogP) is 4.50. The van der Waals surface area contributed by atoms with Gasteiger partial charge in [0, 0.05) is 37.0 Å². The number of rotatable bonds is 3. The molecule has 5 rings (SSSR count). The van der Waals surface area contributed by atoms with Crippen LogP contribution in [0.25, 0.3) is 10.8 Å². The highest BCUT2D eigenvalue weighted by Gasteiger charge is 2.43. The third-order valence-electron chi connectivity index (χ3n) is 6.68. The van der Waals surface area contributed by atoms with Gasteiger partial charge in [-0.25, -0.2) is 8.78 Å². The zero-order valence-corrected chi connectivity index (χ0v) is 17.1. The fourth-order valence-corrected chi connectivity index (χ4v) is 4.88. The Morgan fingerprint density at radius 2 is 1.81 bits per heavy atom. The zero-order chi connectivity index (χ0) is 21.6. The molecular formula is C25H25F2NO3. The van der Waals surface area contributed by atoms with E-state index in [-0.39, 0.29) is 0 Å². The minimum Gasteiger partial charge on any atom is -0.486 e. The Balaban J connectivity index is 1.30. The summed E-state index contributed by atoms with van der Waals surface area (Å²) in [6.45, 7) is 1.71. The fourth-order valence-electron chi connectivity index (χ4n) is 4.88. The van der Waals surface area contributed by atoms with E-state index in [1.165, 1.54) is 6.07 Å².